The minimum absolute atomic E-state index is 0.0448. The smallest absolute Gasteiger partial charge is 0.244 e. The van der Waals surface area contributed by atoms with E-state index in [2.05, 4.69) is 38.5 Å². The number of aromatic nitrogens is 2. The molecule has 0 aromatic carbocycles. The number of thiophene rings is 1. The number of amides is 1. The maximum atomic E-state index is 12.3. The summed E-state index contributed by atoms with van der Waals surface area (Å²) in [6, 6.07) is 1.88. The van der Waals surface area contributed by atoms with Gasteiger partial charge in [0.05, 0.1) is 5.39 Å². The Morgan fingerprint density at radius 1 is 1.57 bits per heavy atom. The zero-order chi connectivity index (χ0) is 14.8. The molecule has 0 bridgehead atoms. The minimum Gasteiger partial charge on any atom is -0.355 e. The van der Waals surface area contributed by atoms with Gasteiger partial charge >= 0.3 is 0 Å². The van der Waals surface area contributed by atoms with Crippen molar-refractivity contribution in [1.29, 1.82) is 0 Å². The van der Waals surface area contributed by atoms with Gasteiger partial charge in [0.15, 0.2) is 0 Å². The normalized spacial score (nSPS) is 19.0. The summed E-state index contributed by atoms with van der Waals surface area (Å²) >= 11 is 1.66. The third-order valence-electron chi connectivity index (χ3n) is 3.60. The standard InChI is InChI=1S/C14H19N5OS/c1-3-16-13(20)11-7-15-4-5-19(11)12-10-6-9(2)21-14(10)18-8-17-12/h6,8,11,15H,3-5,7H2,1-2H3,(H,16,20). The second kappa shape index (κ2) is 5.95. The van der Waals surface area contributed by atoms with Crippen molar-refractivity contribution < 1.29 is 4.79 Å². The Hall–Kier alpha value is -1.73. The van der Waals surface area contributed by atoms with Crippen LogP contribution in [0, 0.1) is 6.92 Å². The number of piperazine rings is 1. The number of anilines is 1. The Kier molecular flexibility index (Phi) is 4.03. The van der Waals surface area contributed by atoms with Crippen molar-refractivity contribution in [3.05, 3.63) is 17.3 Å². The molecule has 21 heavy (non-hydrogen) atoms. The Bertz CT molecular complexity index is 656. The Labute approximate surface area is 127 Å². The van der Waals surface area contributed by atoms with Crippen LogP contribution in [0.5, 0.6) is 0 Å². The van der Waals surface area contributed by atoms with Crippen molar-refractivity contribution >= 4 is 33.3 Å². The van der Waals surface area contributed by atoms with Crippen LogP contribution in [0.3, 0.4) is 0 Å². The van der Waals surface area contributed by atoms with E-state index < -0.39 is 0 Å². The van der Waals surface area contributed by atoms with Gasteiger partial charge in [-0.2, -0.15) is 0 Å². The molecule has 6 nitrogen and oxygen atoms in total. The molecule has 2 N–H and O–H groups in total. The molecule has 0 radical (unpaired) electrons. The first-order valence-electron chi connectivity index (χ1n) is 7.17. The SMILES string of the molecule is CCNC(=O)C1CNCCN1c1ncnc2sc(C)cc12. The largest absolute Gasteiger partial charge is 0.355 e. The van der Waals surface area contributed by atoms with Gasteiger partial charge in [0.1, 0.15) is 23.0 Å². The van der Waals surface area contributed by atoms with Crippen molar-refractivity contribution in [3.63, 3.8) is 0 Å². The fraction of sp³-hybridized carbons (Fsp3) is 0.500. The van der Waals surface area contributed by atoms with Crippen molar-refractivity contribution in [2.45, 2.75) is 19.9 Å². The van der Waals surface area contributed by atoms with Gasteiger partial charge < -0.3 is 15.5 Å². The van der Waals surface area contributed by atoms with Gasteiger partial charge in [0, 0.05) is 31.1 Å². The average molecular weight is 305 g/mol. The highest BCUT2D eigenvalue weighted by Crippen LogP contribution is 2.30. The van der Waals surface area contributed by atoms with Crippen LogP contribution in [0.25, 0.3) is 10.2 Å². The molecule has 2 aromatic heterocycles. The van der Waals surface area contributed by atoms with Gasteiger partial charge in [0.25, 0.3) is 0 Å². The molecular formula is C14H19N5OS. The number of carbonyl (C=O) groups is 1. The second-order valence-corrected chi connectivity index (χ2v) is 6.32. The van der Waals surface area contributed by atoms with Gasteiger partial charge in [-0.05, 0) is 19.9 Å². The molecular weight excluding hydrogens is 286 g/mol. The van der Waals surface area contributed by atoms with Gasteiger partial charge in [-0.3, -0.25) is 4.79 Å². The highest BCUT2D eigenvalue weighted by molar-refractivity contribution is 7.18. The highest BCUT2D eigenvalue weighted by Gasteiger charge is 2.30. The number of nitrogens with one attached hydrogen (secondary N) is 2. The lowest BCUT2D eigenvalue weighted by atomic mass is 10.1. The van der Waals surface area contributed by atoms with Crippen LogP contribution in [0.4, 0.5) is 5.82 Å². The Morgan fingerprint density at radius 2 is 2.43 bits per heavy atom. The van der Waals surface area contributed by atoms with Crippen molar-refractivity contribution in [3.8, 4) is 0 Å². The van der Waals surface area contributed by atoms with Crippen LogP contribution in [-0.4, -0.2) is 48.1 Å². The van der Waals surface area contributed by atoms with Crippen molar-refractivity contribution in [2.24, 2.45) is 0 Å². The predicted octanol–water partition coefficient (Wildman–Crippen LogP) is 0.914. The summed E-state index contributed by atoms with van der Waals surface area (Å²) in [5.41, 5.74) is 0. The first-order valence-corrected chi connectivity index (χ1v) is 7.98. The maximum Gasteiger partial charge on any atom is 0.244 e. The van der Waals surface area contributed by atoms with E-state index in [-0.39, 0.29) is 11.9 Å². The number of fused-ring (bicyclic) bond motifs is 1. The molecule has 7 heteroatoms. The number of hydrogen-bond acceptors (Lipinski definition) is 6. The van der Waals surface area contributed by atoms with Crippen molar-refractivity contribution in [1.82, 2.24) is 20.6 Å². The van der Waals surface area contributed by atoms with Crippen LogP contribution in [0.2, 0.25) is 0 Å². The summed E-state index contributed by atoms with van der Waals surface area (Å²) in [6.07, 6.45) is 1.59. The topological polar surface area (TPSA) is 70.2 Å². The Balaban J connectivity index is 2.00. The lowest BCUT2D eigenvalue weighted by Crippen LogP contribution is -2.58. The first kappa shape index (κ1) is 14.2. The van der Waals surface area contributed by atoms with E-state index in [1.165, 1.54) is 4.88 Å². The maximum absolute atomic E-state index is 12.3. The molecule has 1 aliphatic heterocycles. The predicted molar refractivity (Wildman–Crippen MR) is 84.8 cm³/mol. The monoisotopic (exact) mass is 305 g/mol. The second-order valence-electron chi connectivity index (χ2n) is 5.08. The summed E-state index contributed by atoms with van der Waals surface area (Å²) in [7, 11) is 0. The fourth-order valence-corrected chi connectivity index (χ4v) is 3.52. The van der Waals surface area contributed by atoms with E-state index in [4.69, 9.17) is 0 Å². The Morgan fingerprint density at radius 3 is 3.24 bits per heavy atom. The molecule has 0 aliphatic carbocycles. The summed E-state index contributed by atoms with van der Waals surface area (Å²) in [4.78, 5) is 25.3. The van der Waals surface area contributed by atoms with Crippen molar-refractivity contribution in [2.75, 3.05) is 31.1 Å². The van der Waals surface area contributed by atoms with Gasteiger partial charge in [-0.1, -0.05) is 0 Å². The van der Waals surface area contributed by atoms with Gasteiger partial charge in [-0.15, -0.1) is 11.3 Å². The summed E-state index contributed by atoms with van der Waals surface area (Å²) in [5.74, 6) is 0.908. The van der Waals surface area contributed by atoms with Gasteiger partial charge in [-0.25, -0.2) is 9.97 Å². The quantitative estimate of drug-likeness (QED) is 0.882. The van der Waals surface area contributed by atoms with Crippen LogP contribution in [0.1, 0.15) is 11.8 Å². The van der Waals surface area contributed by atoms with E-state index in [0.717, 1.165) is 29.1 Å². The molecule has 1 amide bonds. The van der Waals surface area contributed by atoms with E-state index in [0.29, 0.717) is 13.1 Å². The lowest BCUT2D eigenvalue weighted by molar-refractivity contribution is -0.122. The van der Waals surface area contributed by atoms with Crippen LogP contribution in [-0.2, 0) is 4.79 Å². The highest BCUT2D eigenvalue weighted by atomic mass is 32.1. The molecule has 1 saturated heterocycles. The van der Waals surface area contributed by atoms with Crippen LogP contribution in [0.15, 0.2) is 12.4 Å². The molecule has 0 saturated carbocycles. The number of carbonyl (C=O) groups excluding carboxylic acids is 1. The van der Waals surface area contributed by atoms with E-state index >= 15 is 0 Å². The molecule has 1 aliphatic rings. The molecule has 2 aromatic rings. The minimum atomic E-state index is -0.225. The van der Waals surface area contributed by atoms with Crippen LogP contribution < -0.4 is 15.5 Å². The van der Waals surface area contributed by atoms with E-state index in [1.807, 2.05) is 6.92 Å². The number of nitrogens with zero attached hydrogens (tertiary/aromatic N) is 3. The fourth-order valence-electron chi connectivity index (χ4n) is 2.68. The van der Waals surface area contributed by atoms with E-state index in [1.54, 1.807) is 17.7 Å². The molecule has 112 valence electrons. The summed E-state index contributed by atoms with van der Waals surface area (Å²) < 4.78 is 0. The first-order chi connectivity index (χ1) is 10.2. The van der Waals surface area contributed by atoms with E-state index in [9.17, 15) is 4.79 Å². The summed E-state index contributed by atoms with van der Waals surface area (Å²) in [6.45, 7) is 6.90. The molecule has 3 rings (SSSR count). The third-order valence-corrected chi connectivity index (χ3v) is 4.56. The van der Waals surface area contributed by atoms with Crippen LogP contribution >= 0.6 is 11.3 Å². The molecule has 1 atom stereocenters. The number of aryl methyl sites for hydroxylation is 1. The molecule has 0 spiro atoms. The summed E-state index contributed by atoms with van der Waals surface area (Å²) in [5, 5.41) is 7.23. The average Bonchev–Trinajstić information content (AvgIpc) is 2.87. The van der Waals surface area contributed by atoms with Gasteiger partial charge in [0.2, 0.25) is 5.91 Å². The number of likely N-dealkylation sites (N-methyl/N-ethyl adjacent to an activating group) is 1. The molecule has 3 heterocycles. The molecule has 1 fully saturated rings. The zero-order valence-corrected chi connectivity index (χ0v) is 13.0. The number of hydrogen-bond donors (Lipinski definition) is 2. The lowest BCUT2D eigenvalue weighted by Gasteiger charge is -2.36. The zero-order valence-electron chi connectivity index (χ0n) is 12.2. The third kappa shape index (κ3) is 2.71. The number of rotatable bonds is 3. The molecule has 1 unspecified atom stereocenters.